The molecule has 0 bridgehead atoms. The molecule has 1 aromatic rings. The van der Waals surface area contributed by atoms with Gasteiger partial charge in [0.15, 0.2) is 5.66 Å². The number of amidine groups is 1. The highest BCUT2D eigenvalue weighted by Gasteiger charge is 2.50. The van der Waals surface area contributed by atoms with E-state index in [1.54, 1.807) is 6.07 Å². The SMILES string of the molecule is C[C@H](C1=C(N)NC(c2cccc(C(F)(F)F)n2)([C@@H](C)C2CC2)N=C1N)C1CC1. The average Bonchev–Trinajstić information content (AvgIpc) is 3.52. The van der Waals surface area contributed by atoms with Crippen molar-refractivity contribution in [2.45, 2.75) is 51.4 Å². The standard InChI is InChI=1S/C20H26F3N5/c1-10(12-6-7-12)16-17(24)27-19(28-18(16)25,11(2)13-8-9-13)14-4-3-5-15(26-14)20(21,22)23/h3-5,10-13,27H,6-9,24H2,1-2H3,(H2,25,28)/t10-,11-,19?/m0/s1. The Bertz CT molecular complexity index is 838. The van der Waals surface area contributed by atoms with Crippen LogP contribution in [0.2, 0.25) is 0 Å². The van der Waals surface area contributed by atoms with E-state index < -0.39 is 17.5 Å². The van der Waals surface area contributed by atoms with Crippen molar-refractivity contribution in [1.82, 2.24) is 10.3 Å². The van der Waals surface area contributed by atoms with Gasteiger partial charge in [-0.15, -0.1) is 0 Å². The van der Waals surface area contributed by atoms with E-state index in [0.29, 0.717) is 23.5 Å². The lowest BCUT2D eigenvalue weighted by Gasteiger charge is -2.41. The summed E-state index contributed by atoms with van der Waals surface area (Å²) in [7, 11) is 0. The molecule has 3 aliphatic rings. The summed E-state index contributed by atoms with van der Waals surface area (Å²) in [6.07, 6.45) is -0.257. The van der Waals surface area contributed by atoms with E-state index in [-0.39, 0.29) is 17.5 Å². The highest BCUT2D eigenvalue weighted by molar-refractivity contribution is 5.99. The minimum absolute atomic E-state index is 0.0987. The normalized spacial score (nSPS) is 27.8. The number of hydrogen-bond acceptors (Lipinski definition) is 5. The Morgan fingerprint density at radius 1 is 1.11 bits per heavy atom. The van der Waals surface area contributed by atoms with Gasteiger partial charge >= 0.3 is 6.18 Å². The van der Waals surface area contributed by atoms with E-state index >= 15 is 0 Å². The first kappa shape index (κ1) is 19.1. The molecule has 2 heterocycles. The predicted molar refractivity (Wildman–Crippen MR) is 101 cm³/mol. The number of alkyl halides is 3. The van der Waals surface area contributed by atoms with Crippen LogP contribution in [0.15, 0.2) is 34.6 Å². The molecule has 2 fully saturated rings. The van der Waals surface area contributed by atoms with Gasteiger partial charge in [-0.25, -0.2) is 9.98 Å². The second-order valence-corrected chi connectivity index (χ2v) is 8.37. The first-order valence-electron chi connectivity index (χ1n) is 9.81. The summed E-state index contributed by atoms with van der Waals surface area (Å²) in [5.74, 6) is 1.65. The summed E-state index contributed by atoms with van der Waals surface area (Å²) in [5, 5.41) is 3.25. The lowest BCUT2D eigenvalue weighted by atomic mass is 9.84. The first-order chi connectivity index (χ1) is 13.1. The van der Waals surface area contributed by atoms with Gasteiger partial charge in [-0.3, -0.25) is 0 Å². The molecule has 28 heavy (non-hydrogen) atoms. The van der Waals surface area contributed by atoms with Crippen LogP contribution in [0.3, 0.4) is 0 Å². The maximum atomic E-state index is 13.3. The van der Waals surface area contributed by atoms with E-state index in [0.717, 1.165) is 37.3 Å². The number of aromatic nitrogens is 1. The molecule has 152 valence electrons. The van der Waals surface area contributed by atoms with Gasteiger partial charge in [-0.1, -0.05) is 19.9 Å². The number of pyridine rings is 1. The van der Waals surface area contributed by atoms with Crippen molar-refractivity contribution in [2.24, 2.45) is 40.1 Å². The maximum Gasteiger partial charge on any atom is 0.433 e. The molecular formula is C20H26F3N5. The topological polar surface area (TPSA) is 89.3 Å². The lowest BCUT2D eigenvalue weighted by Crippen LogP contribution is -2.54. The van der Waals surface area contributed by atoms with Crippen molar-refractivity contribution >= 4 is 5.84 Å². The van der Waals surface area contributed by atoms with Crippen molar-refractivity contribution in [3.8, 4) is 0 Å². The third-order valence-electron chi connectivity index (χ3n) is 6.39. The largest absolute Gasteiger partial charge is 0.433 e. The van der Waals surface area contributed by atoms with Crippen LogP contribution in [0.1, 0.15) is 50.9 Å². The number of hydrogen-bond donors (Lipinski definition) is 3. The van der Waals surface area contributed by atoms with E-state index in [1.165, 1.54) is 6.07 Å². The zero-order valence-electron chi connectivity index (χ0n) is 16.1. The molecule has 5 N–H and O–H groups in total. The van der Waals surface area contributed by atoms with Gasteiger partial charge in [0.05, 0.1) is 5.69 Å². The second-order valence-electron chi connectivity index (χ2n) is 8.37. The quantitative estimate of drug-likeness (QED) is 0.715. The highest BCUT2D eigenvalue weighted by atomic mass is 19.4. The molecule has 2 saturated carbocycles. The van der Waals surface area contributed by atoms with Crippen LogP contribution in [0.25, 0.3) is 0 Å². The van der Waals surface area contributed by atoms with Crippen LogP contribution in [0.5, 0.6) is 0 Å². The monoisotopic (exact) mass is 393 g/mol. The molecule has 0 radical (unpaired) electrons. The minimum Gasteiger partial charge on any atom is -0.385 e. The van der Waals surface area contributed by atoms with Crippen LogP contribution in [-0.2, 0) is 11.8 Å². The predicted octanol–water partition coefficient (Wildman–Crippen LogP) is 3.48. The molecule has 8 heteroatoms. The number of aliphatic imine (C=N–C) groups is 1. The molecular weight excluding hydrogens is 367 g/mol. The molecule has 5 nitrogen and oxygen atoms in total. The lowest BCUT2D eigenvalue weighted by molar-refractivity contribution is -0.141. The number of nitrogens with one attached hydrogen (secondary N) is 1. The Morgan fingerprint density at radius 3 is 2.29 bits per heavy atom. The van der Waals surface area contributed by atoms with E-state index in [2.05, 4.69) is 17.2 Å². The molecule has 1 aliphatic heterocycles. The second kappa shape index (κ2) is 6.39. The third kappa shape index (κ3) is 3.22. The first-order valence-corrected chi connectivity index (χ1v) is 9.81. The summed E-state index contributed by atoms with van der Waals surface area (Å²) in [6.45, 7) is 4.05. The Labute approximate surface area is 162 Å². The Hall–Kier alpha value is -2.25. The number of nitrogens with two attached hydrogens (primary N) is 2. The molecule has 0 aromatic carbocycles. The van der Waals surface area contributed by atoms with Crippen molar-refractivity contribution in [3.63, 3.8) is 0 Å². The summed E-state index contributed by atoms with van der Waals surface area (Å²) in [5.41, 5.74) is 11.6. The minimum atomic E-state index is -4.53. The molecule has 1 aromatic heterocycles. The van der Waals surface area contributed by atoms with E-state index in [4.69, 9.17) is 16.5 Å². The van der Waals surface area contributed by atoms with Gasteiger partial charge in [0.2, 0.25) is 0 Å². The van der Waals surface area contributed by atoms with Gasteiger partial charge in [0, 0.05) is 11.5 Å². The summed E-state index contributed by atoms with van der Waals surface area (Å²) in [4.78, 5) is 8.68. The molecule has 1 unspecified atom stereocenters. The third-order valence-corrected chi connectivity index (χ3v) is 6.39. The van der Waals surface area contributed by atoms with Crippen LogP contribution in [-0.4, -0.2) is 10.8 Å². The van der Waals surface area contributed by atoms with Crippen LogP contribution < -0.4 is 16.8 Å². The Morgan fingerprint density at radius 2 is 1.75 bits per heavy atom. The van der Waals surface area contributed by atoms with Crippen LogP contribution >= 0.6 is 0 Å². The van der Waals surface area contributed by atoms with E-state index in [1.807, 2.05) is 6.92 Å². The highest BCUT2D eigenvalue weighted by Crippen LogP contribution is 2.49. The average molecular weight is 393 g/mol. The maximum absolute atomic E-state index is 13.3. The van der Waals surface area contributed by atoms with Gasteiger partial charge in [0.25, 0.3) is 0 Å². The van der Waals surface area contributed by atoms with Crippen molar-refractivity contribution < 1.29 is 13.2 Å². The Balaban J connectivity index is 1.79. The van der Waals surface area contributed by atoms with Gasteiger partial charge in [0.1, 0.15) is 17.4 Å². The van der Waals surface area contributed by atoms with Crippen LogP contribution in [0, 0.1) is 23.7 Å². The Kier molecular flexibility index (Phi) is 4.35. The van der Waals surface area contributed by atoms with Gasteiger partial charge in [-0.05, 0) is 55.6 Å². The fraction of sp³-hybridized carbons (Fsp3) is 0.600. The summed E-state index contributed by atoms with van der Waals surface area (Å²) in [6, 6.07) is 3.90. The van der Waals surface area contributed by atoms with Crippen LogP contribution in [0.4, 0.5) is 13.2 Å². The molecule has 2 aliphatic carbocycles. The molecule has 4 rings (SSSR count). The van der Waals surface area contributed by atoms with Crippen molar-refractivity contribution in [2.75, 3.05) is 0 Å². The summed E-state index contributed by atoms with van der Waals surface area (Å²) >= 11 is 0. The number of nitrogens with zero attached hydrogens (tertiary/aromatic N) is 2. The van der Waals surface area contributed by atoms with Crippen molar-refractivity contribution in [3.05, 3.63) is 41.0 Å². The number of rotatable bonds is 5. The molecule has 3 atom stereocenters. The van der Waals surface area contributed by atoms with E-state index in [9.17, 15) is 13.2 Å². The molecule has 0 spiro atoms. The fourth-order valence-electron chi connectivity index (χ4n) is 4.31. The zero-order valence-corrected chi connectivity index (χ0v) is 16.1. The smallest absolute Gasteiger partial charge is 0.385 e. The fourth-order valence-corrected chi connectivity index (χ4v) is 4.31. The number of halogens is 3. The zero-order chi connectivity index (χ0) is 20.3. The van der Waals surface area contributed by atoms with Gasteiger partial charge in [-0.2, -0.15) is 13.2 Å². The van der Waals surface area contributed by atoms with Crippen molar-refractivity contribution in [1.29, 1.82) is 0 Å². The molecule has 0 saturated heterocycles. The van der Waals surface area contributed by atoms with Gasteiger partial charge < -0.3 is 16.8 Å². The molecule has 0 amide bonds. The summed E-state index contributed by atoms with van der Waals surface area (Å²) < 4.78 is 39.8.